The molecule has 0 unspecified atom stereocenters. The quantitative estimate of drug-likeness (QED) is 0.380. The number of carbonyl (C=O) groups excluding carboxylic acids is 1. The summed E-state index contributed by atoms with van der Waals surface area (Å²) in [7, 11) is 3.16. The van der Waals surface area contributed by atoms with Crippen molar-refractivity contribution in [2.75, 3.05) is 19.5 Å². The average Bonchev–Trinajstić information content (AvgIpc) is 3.22. The molecule has 4 rings (SSSR count). The maximum atomic E-state index is 12.7. The lowest BCUT2D eigenvalue weighted by Gasteiger charge is -2.13. The predicted octanol–water partition coefficient (Wildman–Crippen LogP) is 5.43. The Hall–Kier alpha value is -3.45. The van der Waals surface area contributed by atoms with Gasteiger partial charge in [-0.15, -0.1) is 0 Å². The summed E-state index contributed by atoms with van der Waals surface area (Å²) in [5.74, 6) is 1.79. The topological polar surface area (TPSA) is 76.2 Å². The molecule has 0 spiro atoms. The Morgan fingerprint density at radius 3 is 2.45 bits per heavy atom. The number of imidazole rings is 1. The molecular formula is C24H23N3O3S. The number of para-hydroxylation sites is 2. The van der Waals surface area contributed by atoms with Crippen LogP contribution in [-0.4, -0.2) is 30.1 Å². The molecule has 0 saturated heterocycles. The standard InChI is InChI=1S/C24H23N3O3S/c1-15-12-21(29-2)22(30-3)13-20(15)25-23(28)17-10-8-16(9-11-17)14-31-24-26-18-6-4-5-7-19(18)27-24/h4-13H,14H2,1-3H3,(H,25,28)(H,26,27). The van der Waals surface area contributed by atoms with E-state index in [1.807, 2.05) is 61.5 Å². The van der Waals surface area contributed by atoms with Crippen LogP contribution >= 0.6 is 11.8 Å². The van der Waals surface area contributed by atoms with Crippen LogP contribution in [0.3, 0.4) is 0 Å². The summed E-state index contributed by atoms with van der Waals surface area (Å²) in [5.41, 5.74) is 5.28. The number of ether oxygens (including phenoxy) is 2. The van der Waals surface area contributed by atoms with Gasteiger partial charge in [-0.05, 0) is 48.4 Å². The van der Waals surface area contributed by atoms with E-state index in [9.17, 15) is 4.79 Å². The molecule has 0 saturated carbocycles. The van der Waals surface area contributed by atoms with E-state index in [2.05, 4.69) is 15.3 Å². The monoisotopic (exact) mass is 433 g/mol. The number of anilines is 1. The van der Waals surface area contributed by atoms with Crippen molar-refractivity contribution in [2.45, 2.75) is 17.8 Å². The maximum absolute atomic E-state index is 12.7. The van der Waals surface area contributed by atoms with E-state index in [4.69, 9.17) is 9.47 Å². The van der Waals surface area contributed by atoms with Crippen LogP contribution in [0, 0.1) is 6.92 Å². The number of aromatic amines is 1. The number of carbonyl (C=O) groups is 1. The molecule has 0 atom stereocenters. The van der Waals surface area contributed by atoms with Crippen molar-refractivity contribution < 1.29 is 14.3 Å². The average molecular weight is 434 g/mol. The Bertz CT molecular complexity index is 1190. The van der Waals surface area contributed by atoms with Gasteiger partial charge in [0.15, 0.2) is 16.7 Å². The van der Waals surface area contributed by atoms with Crippen molar-refractivity contribution in [2.24, 2.45) is 0 Å². The highest BCUT2D eigenvalue weighted by molar-refractivity contribution is 7.98. The largest absolute Gasteiger partial charge is 0.493 e. The molecule has 1 aromatic heterocycles. The fourth-order valence-electron chi connectivity index (χ4n) is 3.21. The number of amides is 1. The Labute approximate surface area is 185 Å². The summed E-state index contributed by atoms with van der Waals surface area (Å²) in [6.07, 6.45) is 0. The third kappa shape index (κ3) is 4.67. The molecule has 1 amide bonds. The van der Waals surface area contributed by atoms with Gasteiger partial charge in [0, 0.05) is 23.1 Å². The van der Waals surface area contributed by atoms with Gasteiger partial charge in [0.1, 0.15) is 0 Å². The number of nitrogens with zero attached hydrogens (tertiary/aromatic N) is 1. The second-order valence-corrected chi connectivity index (χ2v) is 7.98. The lowest BCUT2D eigenvalue weighted by atomic mass is 10.1. The van der Waals surface area contributed by atoms with Gasteiger partial charge < -0.3 is 19.8 Å². The summed E-state index contributed by atoms with van der Waals surface area (Å²) in [4.78, 5) is 20.6. The Morgan fingerprint density at radius 1 is 1.03 bits per heavy atom. The number of thioether (sulfide) groups is 1. The van der Waals surface area contributed by atoms with Crippen LogP contribution in [0.15, 0.2) is 65.8 Å². The molecule has 158 valence electrons. The van der Waals surface area contributed by atoms with E-state index in [-0.39, 0.29) is 5.91 Å². The number of aryl methyl sites for hydroxylation is 1. The zero-order valence-electron chi connectivity index (χ0n) is 17.6. The van der Waals surface area contributed by atoms with Gasteiger partial charge >= 0.3 is 0 Å². The summed E-state index contributed by atoms with van der Waals surface area (Å²) in [5, 5.41) is 3.83. The first-order valence-electron chi connectivity index (χ1n) is 9.78. The van der Waals surface area contributed by atoms with Crippen LogP contribution in [-0.2, 0) is 5.75 Å². The number of hydrogen-bond acceptors (Lipinski definition) is 5. The maximum Gasteiger partial charge on any atom is 0.255 e. The smallest absolute Gasteiger partial charge is 0.255 e. The minimum absolute atomic E-state index is 0.174. The van der Waals surface area contributed by atoms with Gasteiger partial charge in [-0.25, -0.2) is 4.98 Å². The summed E-state index contributed by atoms with van der Waals surface area (Å²) >= 11 is 1.63. The summed E-state index contributed by atoms with van der Waals surface area (Å²) < 4.78 is 10.6. The molecule has 0 aliphatic rings. The predicted molar refractivity (Wildman–Crippen MR) is 124 cm³/mol. The Kier molecular flexibility index (Phi) is 6.13. The van der Waals surface area contributed by atoms with Crippen LogP contribution in [0.25, 0.3) is 11.0 Å². The zero-order chi connectivity index (χ0) is 21.8. The minimum atomic E-state index is -0.174. The number of hydrogen-bond donors (Lipinski definition) is 2. The number of H-pyrrole nitrogens is 1. The highest BCUT2D eigenvalue weighted by Crippen LogP contribution is 2.33. The number of methoxy groups -OCH3 is 2. The summed E-state index contributed by atoms with van der Waals surface area (Å²) in [6.45, 7) is 1.91. The highest BCUT2D eigenvalue weighted by atomic mass is 32.2. The normalized spacial score (nSPS) is 10.8. The molecule has 0 aliphatic heterocycles. The van der Waals surface area contributed by atoms with Crippen molar-refractivity contribution in [3.63, 3.8) is 0 Å². The van der Waals surface area contributed by atoms with E-state index in [0.29, 0.717) is 22.7 Å². The first-order valence-corrected chi connectivity index (χ1v) is 10.8. The van der Waals surface area contributed by atoms with Gasteiger partial charge in [0.2, 0.25) is 0 Å². The molecule has 4 aromatic rings. The number of benzene rings is 3. The van der Waals surface area contributed by atoms with Gasteiger partial charge in [0.25, 0.3) is 5.91 Å². The minimum Gasteiger partial charge on any atom is -0.493 e. The van der Waals surface area contributed by atoms with Crippen LogP contribution in [0.5, 0.6) is 11.5 Å². The number of fused-ring (bicyclic) bond motifs is 1. The van der Waals surface area contributed by atoms with Crippen molar-refractivity contribution in [1.82, 2.24) is 9.97 Å². The van der Waals surface area contributed by atoms with Crippen molar-refractivity contribution in [1.29, 1.82) is 0 Å². The van der Waals surface area contributed by atoms with Crippen LogP contribution < -0.4 is 14.8 Å². The second kappa shape index (κ2) is 9.14. The molecular weight excluding hydrogens is 410 g/mol. The van der Waals surface area contributed by atoms with Gasteiger partial charge in [-0.1, -0.05) is 36.0 Å². The van der Waals surface area contributed by atoms with Gasteiger partial charge in [-0.2, -0.15) is 0 Å². The molecule has 31 heavy (non-hydrogen) atoms. The molecule has 7 heteroatoms. The second-order valence-electron chi connectivity index (χ2n) is 7.02. The fraction of sp³-hybridized carbons (Fsp3) is 0.167. The SMILES string of the molecule is COc1cc(C)c(NC(=O)c2ccc(CSc3nc4ccccc4[nH]3)cc2)cc1OC. The van der Waals surface area contributed by atoms with Gasteiger partial charge in [0.05, 0.1) is 25.3 Å². The summed E-state index contributed by atoms with van der Waals surface area (Å²) in [6, 6.07) is 19.2. The zero-order valence-corrected chi connectivity index (χ0v) is 18.4. The first-order chi connectivity index (χ1) is 15.1. The van der Waals surface area contributed by atoms with Crippen molar-refractivity contribution in [3.05, 3.63) is 77.4 Å². The third-order valence-corrected chi connectivity index (χ3v) is 5.88. The van der Waals surface area contributed by atoms with E-state index in [0.717, 1.165) is 33.1 Å². The molecule has 6 nitrogen and oxygen atoms in total. The number of rotatable bonds is 7. The Balaban J connectivity index is 1.41. The van der Waals surface area contributed by atoms with Crippen molar-refractivity contribution >= 4 is 34.4 Å². The van der Waals surface area contributed by atoms with Crippen molar-refractivity contribution in [3.8, 4) is 11.5 Å². The van der Waals surface area contributed by atoms with Crippen LogP contribution in [0.4, 0.5) is 5.69 Å². The molecule has 3 aromatic carbocycles. The molecule has 2 N–H and O–H groups in total. The molecule has 0 aliphatic carbocycles. The lowest BCUT2D eigenvalue weighted by Crippen LogP contribution is -2.13. The van der Waals surface area contributed by atoms with Crippen LogP contribution in [0.1, 0.15) is 21.5 Å². The third-order valence-electron chi connectivity index (χ3n) is 4.94. The molecule has 0 bridgehead atoms. The number of aromatic nitrogens is 2. The Morgan fingerprint density at radius 2 is 1.74 bits per heavy atom. The molecule has 0 radical (unpaired) electrons. The molecule has 1 heterocycles. The fourth-order valence-corrected chi connectivity index (χ4v) is 4.05. The van der Waals surface area contributed by atoms with E-state index < -0.39 is 0 Å². The van der Waals surface area contributed by atoms with Crippen LogP contribution in [0.2, 0.25) is 0 Å². The van der Waals surface area contributed by atoms with E-state index >= 15 is 0 Å². The first kappa shape index (κ1) is 20.8. The van der Waals surface area contributed by atoms with Gasteiger partial charge in [-0.3, -0.25) is 4.79 Å². The van der Waals surface area contributed by atoms with E-state index in [1.165, 1.54) is 0 Å². The number of nitrogens with one attached hydrogen (secondary N) is 2. The molecule has 0 fully saturated rings. The lowest BCUT2D eigenvalue weighted by molar-refractivity contribution is 0.102. The highest BCUT2D eigenvalue weighted by Gasteiger charge is 2.12. The van der Waals surface area contributed by atoms with E-state index in [1.54, 1.807) is 32.0 Å².